The monoisotopic (exact) mass is 328 g/mol. The average molecular weight is 328 g/mol. The van der Waals surface area contributed by atoms with Gasteiger partial charge < -0.3 is 14.6 Å². The van der Waals surface area contributed by atoms with Crippen LogP contribution in [0.15, 0.2) is 34.9 Å². The number of para-hydroxylation sites is 1. The zero-order chi connectivity index (χ0) is 17.1. The van der Waals surface area contributed by atoms with Crippen molar-refractivity contribution in [3.8, 4) is 0 Å². The van der Waals surface area contributed by atoms with Crippen LogP contribution < -0.4 is 5.32 Å². The van der Waals surface area contributed by atoms with E-state index in [-0.39, 0.29) is 11.5 Å². The number of nitrogens with zero attached hydrogens (tertiary/aromatic N) is 2. The number of hydrogen-bond acceptors (Lipinski definition) is 6. The fourth-order valence-corrected chi connectivity index (χ4v) is 2.26. The molecule has 8 heteroatoms. The van der Waals surface area contributed by atoms with Crippen molar-refractivity contribution in [2.75, 3.05) is 5.32 Å². The SMILES string of the molecule is CCC(OC(=O)c1n[nH]c2ccccc12)C(=O)Nc1cc(C)on1. The van der Waals surface area contributed by atoms with E-state index in [1.54, 1.807) is 38.1 Å². The standard InChI is InChI=1S/C16H16N4O4/c1-3-12(15(21)17-13-8-9(2)24-20-13)23-16(22)14-10-6-4-5-7-11(10)18-19-14/h4-8,12H,3H2,1-2H3,(H,18,19)(H,17,20,21). The molecule has 24 heavy (non-hydrogen) atoms. The van der Waals surface area contributed by atoms with E-state index in [0.29, 0.717) is 17.6 Å². The van der Waals surface area contributed by atoms with Crippen LogP contribution in [0, 0.1) is 6.92 Å². The second kappa shape index (κ2) is 6.53. The third-order valence-corrected chi connectivity index (χ3v) is 3.46. The molecule has 0 aliphatic rings. The van der Waals surface area contributed by atoms with Gasteiger partial charge in [-0.2, -0.15) is 5.10 Å². The van der Waals surface area contributed by atoms with Gasteiger partial charge in [0.15, 0.2) is 17.6 Å². The third-order valence-electron chi connectivity index (χ3n) is 3.46. The maximum Gasteiger partial charge on any atom is 0.360 e. The molecule has 3 aromatic rings. The number of benzene rings is 1. The first-order chi connectivity index (χ1) is 11.6. The number of hydrogen-bond donors (Lipinski definition) is 2. The minimum atomic E-state index is -0.954. The third kappa shape index (κ3) is 3.12. The van der Waals surface area contributed by atoms with Crippen molar-refractivity contribution in [1.29, 1.82) is 0 Å². The smallest absolute Gasteiger partial charge is 0.360 e. The fraction of sp³-hybridized carbons (Fsp3) is 0.250. The van der Waals surface area contributed by atoms with Crippen LogP contribution in [0.3, 0.4) is 0 Å². The molecule has 0 aliphatic heterocycles. The van der Waals surface area contributed by atoms with Gasteiger partial charge >= 0.3 is 5.97 Å². The number of H-pyrrole nitrogens is 1. The Kier molecular flexibility index (Phi) is 4.28. The highest BCUT2D eigenvalue weighted by Gasteiger charge is 2.25. The van der Waals surface area contributed by atoms with Crippen molar-refractivity contribution in [3.05, 3.63) is 41.8 Å². The lowest BCUT2D eigenvalue weighted by Crippen LogP contribution is -2.32. The number of nitrogens with one attached hydrogen (secondary N) is 2. The van der Waals surface area contributed by atoms with E-state index in [1.807, 2.05) is 6.07 Å². The lowest BCUT2D eigenvalue weighted by Gasteiger charge is -2.14. The van der Waals surface area contributed by atoms with E-state index in [0.717, 1.165) is 5.52 Å². The van der Waals surface area contributed by atoms with Gasteiger partial charge in [0, 0.05) is 11.5 Å². The number of rotatable bonds is 5. The van der Waals surface area contributed by atoms with E-state index < -0.39 is 18.0 Å². The molecule has 2 aromatic heterocycles. The largest absolute Gasteiger partial charge is 0.447 e. The van der Waals surface area contributed by atoms with Crippen LogP contribution in [0.2, 0.25) is 0 Å². The summed E-state index contributed by atoms with van der Waals surface area (Å²) in [5.41, 5.74) is 0.870. The molecule has 124 valence electrons. The van der Waals surface area contributed by atoms with Crippen molar-refractivity contribution in [1.82, 2.24) is 15.4 Å². The Balaban J connectivity index is 1.72. The zero-order valence-electron chi connectivity index (χ0n) is 13.2. The number of aryl methyl sites for hydroxylation is 1. The Morgan fingerprint density at radius 1 is 1.38 bits per heavy atom. The number of carbonyl (C=O) groups excluding carboxylic acids is 2. The number of amides is 1. The topological polar surface area (TPSA) is 110 Å². The van der Waals surface area contributed by atoms with Gasteiger partial charge in [0.05, 0.1) is 5.52 Å². The molecule has 1 atom stereocenters. The lowest BCUT2D eigenvalue weighted by molar-refractivity contribution is -0.124. The maximum atomic E-state index is 12.3. The molecule has 0 saturated heterocycles. The summed E-state index contributed by atoms with van der Waals surface area (Å²) in [5, 5.41) is 13.6. The number of aromatic amines is 1. The van der Waals surface area contributed by atoms with Gasteiger partial charge in [0.1, 0.15) is 5.76 Å². The van der Waals surface area contributed by atoms with Crippen molar-refractivity contribution in [2.45, 2.75) is 26.4 Å². The first-order valence-corrected chi connectivity index (χ1v) is 7.46. The van der Waals surface area contributed by atoms with Gasteiger partial charge in [0.2, 0.25) is 0 Å². The Labute approximate surface area is 137 Å². The number of carbonyl (C=O) groups is 2. The van der Waals surface area contributed by atoms with Gasteiger partial charge in [-0.05, 0) is 19.4 Å². The zero-order valence-corrected chi connectivity index (χ0v) is 13.2. The maximum absolute atomic E-state index is 12.3. The second-order valence-corrected chi connectivity index (χ2v) is 5.23. The van der Waals surface area contributed by atoms with Gasteiger partial charge in [0.25, 0.3) is 5.91 Å². The van der Waals surface area contributed by atoms with Crippen LogP contribution in [-0.4, -0.2) is 33.3 Å². The van der Waals surface area contributed by atoms with Gasteiger partial charge in [-0.15, -0.1) is 0 Å². The minimum absolute atomic E-state index is 0.147. The predicted molar refractivity (Wildman–Crippen MR) is 85.5 cm³/mol. The van der Waals surface area contributed by atoms with Crippen LogP contribution in [0.25, 0.3) is 10.9 Å². The molecule has 3 rings (SSSR count). The minimum Gasteiger partial charge on any atom is -0.447 e. The number of aromatic nitrogens is 3. The van der Waals surface area contributed by atoms with E-state index in [9.17, 15) is 9.59 Å². The summed E-state index contributed by atoms with van der Waals surface area (Å²) >= 11 is 0. The van der Waals surface area contributed by atoms with Crippen molar-refractivity contribution in [3.63, 3.8) is 0 Å². The molecule has 0 saturated carbocycles. The van der Waals surface area contributed by atoms with Crippen molar-refractivity contribution >= 4 is 28.6 Å². The Morgan fingerprint density at radius 2 is 2.17 bits per heavy atom. The first kappa shape index (κ1) is 15.7. The van der Waals surface area contributed by atoms with Crippen LogP contribution in [0.5, 0.6) is 0 Å². The summed E-state index contributed by atoms with van der Waals surface area (Å²) in [5.74, 6) is -0.291. The van der Waals surface area contributed by atoms with E-state index in [1.165, 1.54) is 0 Å². The summed E-state index contributed by atoms with van der Waals surface area (Å²) in [7, 11) is 0. The molecule has 1 amide bonds. The summed E-state index contributed by atoms with van der Waals surface area (Å²) in [6, 6.07) is 8.77. The van der Waals surface area contributed by atoms with E-state index in [4.69, 9.17) is 9.26 Å². The molecule has 0 spiro atoms. The Morgan fingerprint density at radius 3 is 2.88 bits per heavy atom. The number of fused-ring (bicyclic) bond motifs is 1. The number of esters is 1. The highest BCUT2D eigenvalue weighted by atomic mass is 16.5. The fourth-order valence-electron chi connectivity index (χ4n) is 2.26. The first-order valence-electron chi connectivity index (χ1n) is 7.46. The molecule has 0 aliphatic carbocycles. The summed E-state index contributed by atoms with van der Waals surface area (Å²) in [6.45, 7) is 3.46. The summed E-state index contributed by atoms with van der Waals surface area (Å²) < 4.78 is 10.2. The van der Waals surface area contributed by atoms with Crippen LogP contribution in [0.4, 0.5) is 5.82 Å². The molecule has 2 heterocycles. The van der Waals surface area contributed by atoms with Crippen LogP contribution in [0.1, 0.15) is 29.6 Å². The number of ether oxygens (including phenoxy) is 1. The molecule has 0 bridgehead atoms. The Bertz CT molecular complexity index is 883. The second-order valence-electron chi connectivity index (χ2n) is 5.23. The predicted octanol–water partition coefficient (Wildman–Crippen LogP) is 2.43. The van der Waals surface area contributed by atoms with Gasteiger partial charge in [-0.1, -0.05) is 30.3 Å². The molecular weight excluding hydrogens is 312 g/mol. The lowest BCUT2D eigenvalue weighted by atomic mass is 10.2. The molecule has 1 unspecified atom stereocenters. The molecule has 0 radical (unpaired) electrons. The Hall–Kier alpha value is -3.16. The van der Waals surface area contributed by atoms with E-state index in [2.05, 4.69) is 20.7 Å². The highest BCUT2D eigenvalue weighted by Crippen LogP contribution is 2.17. The summed E-state index contributed by atoms with van der Waals surface area (Å²) in [6.07, 6.45) is -0.638. The van der Waals surface area contributed by atoms with Crippen LogP contribution >= 0.6 is 0 Å². The average Bonchev–Trinajstić information content (AvgIpc) is 3.18. The molecular formula is C16H16N4O4. The molecule has 8 nitrogen and oxygen atoms in total. The molecule has 2 N–H and O–H groups in total. The quantitative estimate of drug-likeness (QED) is 0.696. The molecule has 0 fully saturated rings. The number of anilines is 1. The van der Waals surface area contributed by atoms with Gasteiger partial charge in [-0.3, -0.25) is 9.89 Å². The van der Waals surface area contributed by atoms with Crippen LogP contribution in [-0.2, 0) is 9.53 Å². The van der Waals surface area contributed by atoms with Crippen molar-refractivity contribution in [2.24, 2.45) is 0 Å². The highest BCUT2D eigenvalue weighted by molar-refractivity contribution is 6.03. The molecule has 1 aromatic carbocycles. The van der Waals surface area contributed by atoms with E-state index >= 15 is 0 Å². The van der Waals surface area contributed by atoms with Crippen molar-refractivity contribution < 1.29 is 18.8 Å². The summed E-state index contributed by atoms with van der Waals surface area (Å²) in [4.78, 5) is 24.6. The van der Waals surface area contributed by atoms with Gasteiger partial charge in [-0.25, -0.2) is 4.79 Å². The normalized spacial score (nSPS) is 12.1.